The molecule has 154 valence electrons. The van der Waals surface area contributed by atoms with E-state index in [4.69, 9.17) is 9.47 Å². The summed E-state index contributed by atoms with van der Waals surface area (Å²) in [6, 6.07) is 14.2. The number of benzene rings is 2. The van der Waals surface area contributed by atoms with Gasteiger partial charge in [-0.2, -0.15) is 0 Å². The Kier molecular flexibility index (Phi) is 6.20. The van der Waals surface area contributed by atoms with E-state index in [2.05, 4.69) is 22.3 Å². The first-order valence-corrected chi connectivity index (χ1v) is 10.5. The summed E-state index contributed by atoms with van der Waals surface area (Å²) < 4.78 is 10.8. The molecule has 0 saturated carbocycles. The van der Waals surface area contributed by atoms with Crippen molar-refractivity contribution in [3.05, 3.63) is 48.0 Å². The normalized spacial score (nSPS) is 16.9. The summed E-state index contributed by atoms with van der Waals surface area (Å²) in [6.07, 6.45) is 5.17. The molecular formula is C23H30N3O3+. The first-order chi connectivity index (χ1) is 14.2. The molecule has 2 heterocycles. The summed E-state index contributed by atoms with van der Waals surface area (Å²) in [4.78, 5) is 16.0. The van der Waals surface area contributed by atoms with Gasteiger partial charge in [0.1, 0.15) is 6.54 Å². The maximum Gasteiger partial charge on any atom is 0.279 e. The van der Waals surface area contributed by atoms with Crippen LogP contribution in [-0.2, 0) is 11.3 Å². The number of rotatable bonds is 6. The van der Waals surface area contributed by atoms with Crippen LogP contribution in [0.3, 0.4) is 0 Å². The van der Waals surface area contributed by atoms with Crippen LogP contribution < -0.4 is 24.6 Å². The van der Waals surface area contributed by atoms with Gasteiger partial charge in [-0.05, 0) is 55.3 Å². The molecule has 0 bridgehead atoms. The van der Waals surface area contributed by atoms with Crippen LogP contribution in [0.2, 0.25) is 0 Å². The average Bonchev–Trinajstić information content (AvgIpc) is 3.00. The van der Waals surface area contributed by atoms with Crippen molar-refractivity contribution in [1.29, 1.82) is 0 Å². The van der Waals surface area contributed by atoms with Gasteiger partial charge in [-0.1, -0.05) is 12.8 Å². The Morgan fingerprint density at radius 1 is 1.00 bits per heavy atom. The Morgan fingerprint density at radius 3 is 2.48 bits per heavy atom. The summed E-state index contributed by atoms with van der Waals surface area (Å²) in [5.74, 6) is 1.59. The number of ether oxygens (including phenoxy) is 2. The standard InChI is InChI=1S/C23H29N3O3/c1-25(15-18-6-11-21-22(14-18)29-17-28-21)16-23(27)24-19-7-9-20(10-8-19)26-12-4-2-3-5-13-26/h6-11,14H,2-5,12-13,15-17H2,1H3,(H,24,27)/p+1. The number of fused-ring (bicyclic) bond motifs is 1. The Bertz CT molecular complexity index is 830. The Morgan fingerprint density at radius 2 is 1.72 bits per heavy atom. The van der Waals surface area contributed by atoms with Gasteiger partial charge in [-0.25, -0.2) is 0 Å². The van der Waals surface area contributed by atoms with Gasteiger partial charge in [0.2, 0.25) is 6.79 Å². The van der Waals surface area contributed by atoms with Crippen molar-refractivity contribution in [3.63, 3.8) is 0 Å². The molecule has 2 aliphatic rings. The summed E-state index contributed by atoms with van der Waals surface area (Å²) in [6.45, 7) is 3.68. The number of hydrogen-bond acceptors (Lipinski definition) is 4. The molecular weight excluding hydrogens is 366 g/mol. The van der Waals surface area contributed by atoms with Crippen molar-refractivity contribution >= 4 is 17.3 Å². The van der Waals surface area contributed by atoms with Crippen LogP contribution in [0.1, 0.15) is 31.2 Å². The van der Waals surface area contributed by atoms with E-state index in [1.807, 2.05) is 37.4 Å². The maximum atomic E-state index is 12.4. The van der Waals surface area contributed by atoms with Crippen molar-refractivity contribution in [2.24, 2.45) is 0 Å². The first-order valence-electron chi connectivity index (χ1n) is 10.5. The number of hydrogen-bond donors (Lipinski definition) is 2. The lowest BCUT2D eigenvalue weighted by Gasteiger charge is -2.22. The van der Waals surface area contributed by atoms with Crippen molar-refractivity contribution in [2.75, 3.05) is 43.7 Å². The molecule has 2 aliphatic heterocycles. The van der Waals surface area contributed by atoms with E-state index in [0.717, 1.165) is 47.3 Å². The molecule has 0 aromatic heterocycles. The van der Waals surface area contributed by atoms with Gasteiger partial charge in [0.05, 0.1) is 7.05 Å². The number of carbonyl (C=O) groups is 1. The highest BCUT2D eigenvalue weighted by Crippen LogP contribution is 2.32. The van der Waals surface area contributed by atoms with Crippen molar-refractivity contribution < 1.29 is 19.2 Å². The molecule has 1 saturated heterocycles. The van der Waals surface area contributed by atoms with Crippen molar-refractivity contribution in [3.8, 4) is 11.5 Å². The molecule has 1 amide bonds. The third-order valence-corrected chi connectivity index (χ3v) is 5.53. The van der Waals surface area contributed by atoms with E-state index in [9.17, 15) is 4.79 Å². The molecule has 4 rings (SSSR count). The molecule has 6 heteroatoms. The minimum atomic E-state index is 0.0192. The quantitative estimate of drug-likeness (QED) is 0.788. The first kappa shape index (κ1) is 19.6. The largest absolute Gasteiger partial charge is 0.454 e. The van der Waals surface area contributed by atoms with Gasteiger partial charge in [-0.15, -0.1) is 0 Å². The maximum absolute atomic E-state index is 12.4. The van der Waals surface area contributed by atoms with Crippen molar-refractivity contribution in [1.82, 2.24) is 0 Å². The molecule has 29 heavy (non-hydrogen) atoms. The van der Waals surface area contributed by atoms with Gasteiger partial charge in [0.25, 0.3) is 5.91 Å². The topological polar surface area (TPSA) is 55.2 Å². The number of likely N-dealkylation sites (N-methyl/N-ethyl adjacent to an activating group) is 1. The van der Waals surface area contributed by atoms with Gasteiger partial charge < -0.3 is 24.6 Å². The van der Waals surface area contributed by atoms with Crippen LogP contribution in [0.25, 0.3) is 0 Å². The zero-order chi connectivity index (χ0) is 20.1. The molecule has 0 spiro atoms. The fourth-order valence-corrected chi connectivity index (χ4v) is 4.03. The van der Waals surface area contributed by atoms with Crippen LogP contribution in [0.15, 0.2) is 42.5 Å². The predicted octanol–water partition coefficient (Wildman–Crippen LogP) is 2.45. The van der Waals surface area contributed by atoms with Crippen LogP contribution in [0, 0.1) is 0 Å². The second-order valence-corrected chi connectivity index (χ2v) is 7.99. The van der Waals surface area contributed by atoms with E-state index in [0.29, 0.717) is 6.54 Å². The molecule has 2 N–H and O–H groups in total. The third-order valence-electron chi connectivity index (χ3n) is 5.53. The lowest BCUT2D eigenvalue weighted by atomic mass is 10.2. The van der Waals surface area contributed by atoms with Crippen LogP contribution in [-0.4, -0.2) is 39.4 Å². The molecule has 1 unspecified atom stereocenters. The SMILES string of the molecule is C[NH+](CC(=O)Nc1ccc(N2CCCCCC2)cc1)Cc1ccc2c(c1)OCO2. The lowest BCUT2D eigenvalue weighted by molar-refractivity contribution is -0.885. The van der Waals surface area contributed by atoms with Crippen LogP contribution in [0.4, 0.5) is 11.4 Å². The second kappa shape index (κ2) is 9.18. The second-order valence-electron chi connectivity index (χ2n) is 7.99. The van der Waals surface area contributed by atoms with Crippen molar-refractivity contribution in [2.45, 2.75) is 32.2 Å². The smallest absolute Gasteiger partial charge is 0.279 e. The molecule has 0 aliphatic carbocycles. The van der Waals surface area contributed by atoms with E-state index in [1.165, 1.54) is 31.4 Å². The predicted molar refractivity (Wildman–Crippen MR) is 114 cm³/mol. The number of amides is 1. The number of nitrogens with one attached hydrogen (secondary N) is 2. The third kappa shape index (κ3) is 5.21. The molecule has 2 aromatic rings. The summed E-state index contributed by atoms with van der Waals surface area (Å²) in [5.41, 5.74) is 3.22. The highest BCUT2D eigenvalue weighted by Gasteiger charge is 2.16. The minimum absolute atomic E-state index is 0.0192. The highest BCUT2D eigenvalue weighted by atomic mass is 16.7. The van der Waals surface area contributed by atoms with E-state index in [-0.39, 0.29) is 12.7 Å². The van der Waals surface area contributed by atoms with Gasteiger partial charge in [0.15, 0.2) is 18.0 Å². The molecule has 1 fully saturated rings. The zero-order valence-corrected chi connectivity index (χ0v) is 17.1. The zero-order valence-electron chi connectivity index (χ0n) is 17.1. The van der Waals surface area contributed by atoms with E-state index in [1.54, 1.807) is 0 Å². The summed E-state index contributed by atoms with van der Waals surface area (Å²) in [7, 11) is 2.02. The van der Waals surface area contributed by atoms with Gasteiger partial charge >= 0.3 is 0 Å². The Balaban J connectivity index is 1.27. The van der Waals surface area contributed by atoms with Gasteiger partial charge in [-0.3, -0.25) is 4.79 Å². The molecule has 1 atom stereocenters. The van der Waals surface area contributed by atoms with E-state index >= 15 is 0 Å². The fourth-order valence-electron chi connectivity index (χ4n) is 4.03. The Hall–Kier alpha value is -2.73. The summed E-state index contributed by atoms with van der Waals surface area (Å²) >= 11 is 0. The monoisotopic (exact) mass is 396 g/mol. The lowest BCUT2D eigenvalue weighted by Crippen LogP contribution is -3.08. The number of anilines is 2. The van der Waals surface area contributed by atoms with Crippen LogP contribution >= 0.6 is 0 Å². The average molecular weight is 397 g/mol. The molecule has 0 radical (unpaired) electrons. The van der Waals surface area contributed by atoms with E-state index < -0.39 is 0 Å². The molecule has 2 aromatic carbocycles. The number of nitrogens with zero attached hydrogens (tertiary/aromatic N) is 1. The number of carbonyl (C=O) groups excluding carboxylic acids is 1. The fraction of sp³-hybridized carbons (Fsp3) is 0.435. The Labute approximate surface area is 172 Å². The molecule has 6 nitrogen and oxygen atoms in total. The van der Waals surface area contributed by atoms with Crippen LogP contribution in [0.5, 0.6) is 11.5 Å². The van der Waals surface area contributed by atoms with Gasteiger partial charge in [0, 0.05) is 30.0 Å². The summed E-state index contributed by atoms with van der Waals surface area (Å²) in [5, 5.41) is 3.02. The number of quaternary nitrogens is 1. The highest BCUT2D eigenvalue weighted by molar-refractivity contribution is 5.91. The minimum Gasteiger partial charge on any atom is -0.454 e.